The van der Waals surface area contributed by atoms with Gasteiger partial charge in [-0.2, -0.15) is 5.26 Å². The van der Waals surface area contributed by atoms with E-state index in [0.717, 1.165) is 11.3 Å². The molecule has 0 saturated carbocycles. The molecule has 1 heterocycles. The lowest BCUT2D eigenvalue weighted by Gasteiger charge is -2.45. The van der Waals surface area contributed by atoms with Crippen molar-refractivity contribution in [1.29, 1.82) is 5.26 Å². The van der Waals surface area contributed by atoms with Gasteiger partial charge in [0.2, 0.25) is 5.84 Å². The predicted molar refractivity (Wildman–Crippen MR) is 107 cm³/mol. The molecule has 0 aromatic heterocycles. The number of rotatable bonds is 5. The molecule has 1 aliphatic rings. The van der Waals surface area contributed by atoms with Crippen LogP contribution in [-0.4, -0.2) is 35.6 Å². The highest BCUT2D eigenvalue weighted by molar-refractivity contribution is 6.01. The molecule has 0 aliphatic carbocycles. The van der Waals surface area contributed by atoms with Crippen molar-refractivity contribution in [3.63, 3.8) is 0 Å². The van der Waals surface area contributed by atoms with Crippen LogP contribution in [0.25, 0.3) is 0 Å². The molecule has 0 saturated heterocycles. The Kier molecular flexibility index (Phi) is 6.51. The maximum absolute atomic E-state index is 12.6. The van der Waals surface area contributed by atoms with Gasteiger partial charge in [0.25, 0.3) is 0 Å². The van der Waals surface area contributed by atoms with Gasteiger partial charge in [0.05, 0.1) is 5.54 Å². The van der Waals surface area contributed by atoms with E-state index in [-0.39, 0.29) is 18.5 Å². The summed E-state index contributed by atoms with van der Waals surface area (Å²) in [6, 6.07) is 9.98. The van der Waals surface area contributed by atoms with Gasteiger partial charge in [0.15, 0.2) is 0 Å². The third kappa shape index (κ3) is 5.04. The van der Waals surface area contributed by atoms with E-state index >= 15 is 0 Å². The fourth-order valence-electron chi connectivity index (χ4n) is 2.91. The average molecular weight is 366 g/mol. The second-order valence-corrected chi connectivity index (χ2v) is 7.25. The van der Waals surface area contributed by atoms with E-state index in [1.807, 2.05) is 38.1 Å². The zero-order chi connectivity index (χ0) is 20.0. The fraction of sp³-hybridized carbons (Fsp3) is 0.429. The van der Waals surface area contributed by atoms with Crippen molar-refractivity contribution in [3.05, 3.63) is 47.2 Å². The minimum absolute atomic E-state index is 0.105. The Balaban J connectivity index is 1.96. The Labute approximate surface area is 160 Å². The molecule has 0 bridgehead atoms. The van der Waals surface area contributed by atoms with E-state index in [2.05, 4.69) is 36.0 Å². The molecule has 0 N–H and O–H groups in total. The molecule has 0 spiro atoms. The zero-order valence-corrected chi connectivity index (χ0v) is 16.6. The third-order valence-corrected chi connectivity index (χ3v) is 4.40. The van der Waals surface area contributed by atoms with Crippen molar-refractivity contribution >= 4 is 18.1 Å². The van der Waals surface area contributed by atoms with Gasteiger partial charge < -0.3 is 4.74 Å². The highest BCUT2D eigenvalue weighted by Gasteiger charge is 2.41. The van der Waals surface area contributed by atoms with Crippen LogP contribution in [0.15, 0.2) is 46.0 Å². The van der Waals surface area contributed by atoms with E-state index in [9.17, 15) is 4.79 Å². The number of carbonyl (C=O) groups is 1. The molecule has 1 aliphatic heterocycles. The lowest BCUT2D eigenvalue weighted by molar-refractivity contribution is 0.0719. The monoisotopic (exact) mass is 366 g/mol. The van der Waals surface area contributed by atoms with Crippen molar-refractivity contribution in [1.82, 2.24) is 4.90 Å². The van der Waals surface area contributed by atoms with E-state index in [0.29, 0.717) is 12.3 Å². The smallest absolute Gasteiger partial charge is 0.415 e. The van der Waals surface area contributed by atoms with Gasteiger partial charge >= 0.3 is 6.09 Å². The van der Waals surface area contributed by atoms with Crippen LogP contribution in [0.4, 0.5) is 4.79 Å². The predicted octanol–water partition coefficient (Wildman–Crippen LogP) is 4.44. The van der Waals surface area contributed by atoms with Crippen LogP contribution in [0.1, 0.15) is 51.2 Å². The molecule has 142 valence electrons. The van der Waals surface area contributed by atoms with Crippen LogP contribution in [0.3, 0.4) is 0 Å². The fourth-order valence-corrected chi connectivity index (χ4v) is 2.91. The molecule has 1 aromatic rings. The van der Waals surface area contributed by atoms with Crippen molar-refractivity contribution < 1.29 is 9.53 Å². The molecule has 1 aromatic carbocycles. The summed E-state index contributed by atoms with van der Waals surface area (Å²) in [7, 11) is 1.51. The summed E-state index contributed by atoms with van der Waals surface area (Å²) in [5.74, 6) is 0.574. The summed E-state index contributed by atoms with van der Waals surface area (Å²) in [5, 5.41) is 8.82. The second kappa shape index (κ2) is 8.63. The van der Waals surface area contributed by atoms with Crippen molar-refractivity contribution in [2.45, 2.75) is 52.2 Å². The van der Waals surface area contributed by atoms with Crippen LogP contribution >= 0.6 is 0 Å². The summed E-state index contributed by atoms with van der Waals surface area (Å²) < 4.78 is 5.49. The van der Waals surface area contributed by atoms with E-state index in [4.69, 9.17) is 10.00 Å². The Bertz CT molecular complexity index is 812. The van der Waals surface area contributed by atoms with Gasteiger partial charge in [0, 0.05) is 25.4 Å². The number of aliphatic imine (C=N–C) groups is 2. The number of ether oxygens (including phenoxy) is 1. The normalized spacial score (nSPS) is 16.1. The first kappa shape index (κ1) is 20.4. The molecular weight excluding hydrogens is 340 g/mol. The van der Waals surface area contributed by atoms with Gasteiger partial charge in [-0.3, -0.25) is 9.89 Å². The van der Waals surface area contributed by atoms with Crippen LogP contribution in [0, 0.1) is 11.3 Å². The van der Waals surface area contributed by atoms with Crippen molar-refractivity contribution in [3.8, 4) is 6.07 Å². The first-order valence-electron chi connectivity index (χ1n) is 8.95. The maximum Gasteiger partial charge on any atom is 0.415 e. The Morgan fingerprint density at radius 1 is 1.33 bits per heavy atom. The maximum atomic E-state index is 12.6. The molecular formula is C21H26N4O2. The lowest BCUT2D eigenvalue weighted by Crippen LogP contribution is -2.53. The quantitative estimate of drug-likeness (QED) is 0.571. The van der Waals surface area contributed by atoms with Crippen LogP contribution < -0.4 is 0 Å². The number of carbonyl (C=O) groups excluding carboxylic acids is 1. The van der Waals surface area contributed by atoms with Crippen molar-refractivity contribution in [2.24, 2.45) is 9.98 Å². The molecule has 27 heavy (non-hydrogen) atoms. The van der Waals surface area contributed by atoms with Gasteiger partial charge in [0.1, 0.15) is 12.7 Å². The molecule has 0 radical (unpaired) electrons. The first-order valence-corrected chi connectivity index (χ1v) is 8.95. The van der Waals surface area contributed by atoms with Crippen LogP contribution in [0.5, 0.6) is 0 Å². The third-order valence-electron chi connectivity index (χ3n) is 4.40. The SMILES string of the molecule is CN=C(C#N)N=CCC1=CC(C)(C)N1C(=O)OCc1ccc(C(C)C)cc1. The number of benzene rings is 1. The zero-order valence-electron chi connectivity index (χ0n) is 16.6. The molecule has 2 rings (SSSR count). The molecule has 6 heteroatoms. The highest BCUT2D eigenvalue weighted by Crippen LogP contribution is 2.35. The molecule has 6 nitrogen and oxygen atoms in total. The average Bonchev–Trinajstić information content (AvgIpc) is 2.62. The number of hydrogen-bond acceptors (Lipinski definition) is 4. The Hall–Kier alpha value is -2.94. The standard InChI is InChI=1S/C21H26N4O2/c1-15(2)17-8-6-16(7-9-17)14-27-20(26)25-18(12-21(25,3)4)10-11-24-19(13-22)23-5/h6-9,11-12,15H,10,14H2,1-5H3. The number of allylic oxidation sites excluding steroid dienone is 1. The highest BCUT2D eigenvalue weighted by atomic mass is 16.6. The molecule has 0 atom stereocenters. The van der Waals surface area contributed by atoms with Gasteiger partial charge in [-0.25, -0.2) is 9.79 Å². The Morgan fingerprint density at radius 2 is 2.00 bits per heavy atom. The van der Waals surface area contributed by atoms with Crippen molar-refractivity contribution in [2.75, 3.05) is 7.05 Å². The molecule has 0 unspecified atom stereocenters. The second-order valence-electron chi connectivity index (χ2n) is 7.25. The molecule has 0 fully saturated rings. The summed E-state index contributed by atoms with van der Waals surface area (Å²) >= 11 is 0. The summed E-state index contributed by atoms with van der Waals surface area (Å²) in [6.07, 6.45) is 3.62. The molecule has 1 amide bonds. The number of nitriles is 1. The van der Waals surface area contributed by atoms with E-state index in [1.165, 1.54) is 12.6 Å². The Morgan fingerprint density at radius 3 is 2.52 bits per heavy atom. The summed E-state index contributed by atoms with van der Waals surface area (Å²) in [4.78, 5) is 21.9. The van der Waals surface area contributed by atoms with Crippen LogP contribution in [0.2, 0.25) is 0 Å². The van der Waals surface area contributed by atoms with E-state index < -0.39 is 5.54 Å². The number of amides is 1. The van der Waals surface area contributed by atoms with Gasteiger partial charge in [-0.1, -0.05) is 38.1 Å². The largest absolute Gasteiger partial charge is 0.444 e. The summed E-state index contributed by atoms with van der Waals surface area (Å²) in [5.41, 5.74) is 2.61. The number of nitrogens with zero attached hydrogens (tertiary/aromatic N) is 4. The first-order chi connectivity index (χ1) is 12.8. The summed E-state index contributed by atoms with van der Waals surface area (Å²) in [6.45, 7) is 8.40. The van der Waals surface area contributed by atoms with Crippen LogP contribution in [-0.2, 0) is 11.3 Å². The minimum atomic E-state index is -0.404. The van der Waals surface area contributed by atoms with E-state index in [1.54, 1.807) is 11.1 Å². The minimum Gasteiger partial charge on any atom is -0.444 e. The number of hydrogen-bond donors (Lipinski definition) is 0. The van der Waals surface area contributed by atoms with Gasteiger partial charge in [-0.05, 0) is 37.0 Å². The lowest BCUT2D eigenvalue weighted by atomic mass is 9.91. The van der Waals surface area contributed by atoms with Gasteiger partial charge in [-0.15, -0.1) is 0 Å². The topological polar surface area (TPSA) is 78.0 Å². The number of amidine groups is 1.